The fourth-order valence-electron chi connectivity index (χ4n) is 2.77. The van der Waals surface area contributed by atoms with Crippen molar-refractivity contribution in [2.45, 2.75) is 18.0 Å². The first-order valence-electron chi connectivity index (χ1n) is 7.92. The van der Waals surface area contributed by atoms with Crippen molar-refractivity contribution in [1.29, 1.82) is 0 Å². The summed E-state index contributed by atoms with van der Waals surface area (Å²) in [6, 6.07) is 6.03. The van der Waals surface area contributed by atoms with Gasteiger partial charge in [0.1, 0.15) is 11.5 Å². The average molecular weight is 349 g/mol. The Morgan fingerprint density at radius 3 is 2.92 bits per heavy atom. The number of imidazole rings is 1. The Hall–Kier alpha value is -1.86. The smallest absolute Gasteiger partial charge is 0.269 e. The molecule has 1 amide bonds. The van der Waals surface area contributed by atoms with Gasteiger partial charge in [0.2, 0.25) is 0 Å². The first kappa shape index (κ1) is 17.0. The van der Waals surface area contributed by atoms with Crippen LogP contribution in [0.15, 0.2) is 35.6 Å². The van der Waals surface area contributed by atoms with Crippen molar-refractivity contribution >= 4 is 17.7 Å². The van der Waals surface area contributed by atoms with E-state index in [1.54, 1.807) is 22.9 Å². The average Bonchev–Trinajstić information content (AvgIpc) is 3.05. The molecule has 2 heterocycles. The van der Waals surface area contributed by atoms with Gasteiger partial charge < -0.3 is 10.1 Å². The zero-order chi connectivity index (χ0) is 16.9. The highest BCUT2D eigenvalue weighted by Crippen LogP contribution is 2.22. The standard InChI is InChI=1S/C17H20FN3O2S/c1-24-17-20-10-15(21(17)14-6-4-13(18)5-7-14)16(22)19-9-12-3-2-8-23-11-12/h4-7,10,12H,2-3,8-9,11H2,1H3,(H,19,22)/t12-/m1/s1. The van der Waals surface area contributed by atoms with Crippen LogP contribution in [0.5, 0.6) is 0 Å². The molecule has 128 valence electrons. The van der Waals surface area contributed by atoms with Gasteiger partial charge in [-0.3, -0.25) is 9.36 Å². The van der Waals surface area contributed by atoms with Gasteiger partial charge in [0, 0.05) is 18.8 Å². The summed E-state index contributed by atoms with van der Waals surface area (Å²) >= 11 is 1.44. The van der Waals surface area contributed by atoms with Gasteiger partial charge >= 0.3 is 0 Å². The van der Waals surface area contributed by atoms with Crippen molar-refractivity contribution < 1.29 is 13.9 Å². The summed E-state index contributed by atoms with van der Waals surface area (Å²) in [6.45, 7) is 2.08. The van der Waals surface area contributed by atoms with E-state index in [-0.39, 0.29) is 11.7 Å². The third-order valence-corrected chi connectivity index (χ3v) is 4.69. The molecule has 3 rings (SSSR count). The molecule has 1 aromatic heterocycles. The summed E-state index contributed by atoms with van der Waals surface area (Å²) in [5.74, 6) is -0.143. The molecule has 0 bridgehead atoms. The maximum atomic E-state index is 13.2. The topological polar surface area (TPSA) is 56.1 Å². The molecule has 24 heavy (non-hydrogen) atoms. The number of hydrogen-bond acceptors (Lipinski definition) is 4. The van der Waals surface area contributed by atoms with Crippen molar-refractivity contribution in [2.24, 2.45) is 5.92 Å². The van der Waals surface area contributed by atoms with Gasteiger partial charge in [-0.25, -0.2) is 9.37 Å². The van der Waals surface area contributed by atoms with Gasteiger partial charge in [-0.05, 0) is 49.3 Å². The van der Waals surface area contributed by atoms with Gasteiger partial charge in [0.05, 0.1) is 12.8 Å². The number of halogens is 1. The van der Waals surface area contributed by atoms with E-state index in [1.165, 1.54) is 23.9 Å². The van der Waals surface area contributed by atoms with Crippen LogP contribution in [0.2, 0.25) is 0 Å². The predicted octanol–water partition coefficient (Wildman–Crippen LogP) is 2.89. The molecule has 1 atom stereocenters. The molecule has 1 N–H and O–H groups in total. The molecule has 1 aliphatic heterocycles. The third-order valence-electron chi connectivity index (χ3n) is 4.04. The summed E-state index contributed by atoms with van der Waals surface area (Å²) in [4.78, 5) is 16.9. The minimum atomic E-state index is -0.312. The summed E-state index contributed by atoms with van der Waals surface area (Å²) < 4.78 is 20.4. The van der Waals surface area contributed by atoms with E-state index in [0.29, 0.717) is 35.6 Å². The van der Waals surface area contributed by atoms with Crippen LogP contribution < -0.4 is 5.32 Å². The maximum absolute atomic E-state index is 13.2. The number of hydrogen-bond donors (Lipinski definition) is 1. The Morgan fingerprint density at radius 2 is 2.25 bits per heavy atom. The Labute approximate surface area is 144 Å². The van der Waals surface area contributed by atoms with E-state index in [4.69, 9.17) is 4.74 Å². The second-order valence-corrected chi connectivity index (χ2v) is 6.51. The van der Waals surface area contributed by atoms with Crippen LogP contribution in [0.4, 0.5) is 4.39 Å². The van der Waals surface area contributed by atoms with Crippen LogP contribution in [0.3, 0.4) is 0 Å². The molecule has 0 spiro atoms. The number of rotatable bonds is 5. The molecule has 1 fully saturated rings. The molecule has 1 aliphatic rings. The zero-order valence-corrected chi connectivity index (χ0v) is 14.3. The molecule has 1 saturated heterocycles. The van der Waals surface area contributed by atoms with E-state index in [9.17, 15) is 9.18 Å². The van der Waals surface area contributed by atoms with Crippen molar-refractivity contribution in [2.75, 3.05) is 26.0 Å². The van der Waals surface area contributed by atoms with Crippen molar-refractivity contribution in [3.05, 3.63) is 42.0 Å². The number of nitrogens with zero attached hydrogens (tertiary/aromatic N) is 2. The monoisotopic (exact) mass is 349 g/mol. The van der Waals surface area contributed by atoms with Crippen molar-refractivity contribution in [1.82, 2.24) is 14.9 Å². The first-order valence-corrected chi connectivity index (χ1v) is 9.15. The number of thioether (sulfide) groups is 1. The van der Waals surface area contributed by atoms with Crippen LogP contribution >= 0.6 is 11.8 Å². The predicted molar refractivity (Wildman–Crippen MR) is 91.2 cm³/mol. The summed E-state index contributed by atoms with van der Waals surface area (Å²) in [5, 5.41) is 3.65. The maximum Gasteiger partial charge on any atom is 0.269 e. The molecule has 0 radical (unpaired) electrons. The van der Waals surface area contributed by atoms with Gasteiger partial charge in [-0.15, -0.1) is 0 Å². The summed E-state index contributed by atoms with van der Waals surface area (Å²) in [6.07, 6.45) is 5.55. The van der Waals surface area contributed by atoms with Gasteiger partial charge in [0.15, 0.2) is 5.16 Å². The van der Waals surface area contributed by atoms with Gasteiger partial charge in [-0.2, -0.15) is 0 Å². The van der Waals surface area contributed by atoms with Gasteiger partial charge in [0.25, 0.3) is 5.91 Å². The van der Waals surface area contributed by atoms with Gasteiger partial charge in [-0.1, -0.05) is 11.8 Å². The lowest BCUT2D eigenvalue weighted by molar-refractivity contribution is 0.0535. The number of benzene rings is 1. The highest BCUT2D eigenvalue weighted by atomic mass is 32.2. The van der Waals surface area contributed by atoms with Crippen molar-refractivity contribution in [3.63, 3.8) is 0 Å². The molecule has 0 unspecified atom stereocenters. The normalized spacial score (nSPS) is 17.7. The minimum Gasteiger partial charge on any atom is -0.381 e. The van der Waals surface area contributed by atoms with Crippen LogP contribution in [0.1, 0.15) is 23.3 Å². The molecule has 1 aromatic carbocycles. The molecule has 2 aromatic rings. The van der Waals surface area contributed by atoms with E-state index < -0.39 is 0 Å². The lowest BCUT2D eigenvalue weighted by atomic mass is 10.0. The lowest BCUT2D eigenvalue weighted by Crippen LogP contribution is -2.34. The SMILES string of the molecule is CSc1ncc(C(=O)NC[C@H]2CCCOC2)n1-c1ccc(F)cc1. The number of ether oxygens (including phenoxy) is 1. The number of nitrogens with one attached hydrogen (secondary N) is 1. The van der Waals surface area contributed by atoms with E-state index >= 15 is 0 Å². The largest absolute Gasteiger partial charge is 0.381 e. The number of aromatic nitrogens is 2. The van der Waals surface area contributed by atoms with E-state index in [0.717, 1.165) is 19.4 Å². The second-order valence-electron chi connectivity index (χ2n) is 5.74. The third kappa shape index (κ3) is 3.79. The molecular weight excluding hydrogens is 329 g/mol. The Morgan fingerprint density at radius 1 is 1.46 bits per heavy atom. The van der Waals surface area contributed by atoms with Crippen LogP contribution in [-0.4, -0.2) is 41.5 Å². The molecule has 5 nitrogen and oxygen atoms in total. The summed E-state index contributed by atoms with van der Waals surface area (Å²) in [7, 11) is 0. The first-order chi connectivity index (χ1) is 11.7. The fourth-order valence-corrected chi connectivity index (χ4v) is 3.32. The minimum absolute atomic E-state index is 0.183. The number of carbonyl (C=O) groups excluding carboxylic acids is 1. The van der Waals surface area contributed by atoms with Crippen LogP contribution in [0.25, 0.3) is 5.69 Å². The Kier molecular flexibility index (Phi) is 5.52. The second kappa shape index (κ2) is 7.81. The van der Waals surface area contributed by atoms with E-state index in [1.807, 2.05) is 6.26 Å². The lowest BCUT2D eigenvalue weighted by Gasteiger charge is -2.22. The Balaban J connectivity index is 1.78. The number of amides is 1. The molecule has 0 aliphatic carbocycles. The van der Waals surface area contributed by atoms with Crippen LogP contribution in [0, 0.1) is 11.7 Å². The number of carbonyl (C=O) groups is 1. The van der Waals surface area contributed by atoms with E-state index in [2.05, 4.69) is 10.3 Å². The highest BCUT2D eigenvalue weighted by Gasteiger charge is 2.20. The zero-order valence-electron chi connectivity index (χ0n) is 13.5. The molecule has 0 saturated carbocycles. The Bertz CT molecular complexity index is 696. The molecular formula is C17H20FN3O2S. The highest BCUT2D eigenvalue weighted by molar-refractivity contribution is 7.98. The molecule has 7 heteroatoms. The van der Waals surface area contributed by atoms with Crippen molar-refractivity contribution in [3.8, 4) is 5.69 Å². The van der Waals surface area contributed by atoms with Crippen LogP contribution in [-0.2, 0) is 4.74 Å². The summed E-state index contributed by atoms with van der Waals surface area (Å²) in [5.41, 5.74) is 1.16. The quantitative estimate of drug-likeness (QED) is 0.844. The fraction of sp³-hybridized carbons (Fsp3) is 0.412.